The molecule has 202 valence electrons. The predicted molar refractivity (Wildman–Crippen MR) is 144 cm³/mol. The van der Waals surface area contributed by atoms with Crippen molar-refractivity contribution in [2.24, 2.45) is 57.7 Å². The largest absolute Gasteiger partial charge is 0.396 e. The van der Waals surface area contributed by atoms with Crippen molar-refractivity contribution >= 4 is 5.78 Å². The summed E-state index contributed by atoms with van der Waals surface area (Å²) in [6.45, 7) is 21.3. The zero-order valence-corrected chi connectivity index (χ0v) is 24.5. The van der Waals surface area contributed by atoms with Crippen molar-refractivity contribution < 1.29 is 14.6 Å². The van der Waals surface area contributed by atoms with Gasteiger partial charge in [0.15, 0.2) is 0 Å². The first-order valence-electron chi connectivity index (χ1n) is 15.0. The summed E-state index contributed by atoms with van der Waals surface area (Å²) in [7, 11) is 0. The van der Waals surface area contributed by atoms with E-state index in [1.807, 2.05) is 0 Å². The smallest absolute Gasteiger partial charge is 0.139 e. The lowest BCUT2D eigenvalue weighted by molar-refractivity contribution is -0.193. The van der Waals surface area contributed by atoms with Crippen LogP contribution < -0.4 is 0 Å². The third kappa shape index (κ3) is 4.37. The molecule has 0 aliphatic heterocycles. The molecule has 1 N–H and O–H groups in total. The number of ketones is 1. The van der Waals surface area contributed by atoms with Gasteiger partial charge in [-0.2, -0.15) is 0 Å². The molecule has 0 aromatic rings. The summed E-state index contributed by atoms with van der Waals surface area (Å²) in [4.78, 5) is 14.3. The first-order valence-corrected chi connectivity index (χ1v) is 15.0. The van der Waals surface area contributed by atoms with Crippen molar-refractivity contribution in [1.29, 1.82) is 0 Å². The van der Waals surface area contributed by atoms with Crippen molar-refractivity contribution in [3.63, 3.8) is 0 Å². The Kier molecular flexibility index (Phi) is 7.42. The molecule has 0 heterocycles. The van der Waals surface area contributed by atoms with E-state index in [-0.39, 0.29) is 46.4 Å². The summed E-state index contributed by atoms with van der Waals surface area (Å²) in [5, 5.41) is 9.61. The van der Waals surface area contributed by atoms with E-state index in [1.165, 1.54) is 32.1 Å². The van der Waals surface area contributed by atoms with Gasteiger partial charge in [0.25, 0.3) is 0 Å². The summed E-state index contributed by atoms with van der Waals surface area (Å²) in [5.74, 6) is 3.83. The maximum Gasteiger partial charge on any atom is 0.139 e. The van der Waals surface area contributed by atoms with Crippen molar-refractivity contribution in [3.05, 3.63) is 0 Å². The van der Waals surface area contributed by atoms with Gasteiger partial charge in [0.2, 0.25) is 0 Å². The van der Waals surface area contributed by atoms with Gasteiger partial charge in [-0.25, -0.2) is 0 Å². The fraction of sp³-hybridized carbons (Fsp3) is 0.969. The van der Waals surface area contributed by atoms with Gasteiger partial charge in [-0.1, -0.05) is 48.5 Å². The lowest BCUT2D eigenvalue weighted by Crippen LogP contribution is -2.61. The molecule has 4 aliphatic carbocycles. The molecule has 0 saturated heterocycles. The maximum absolute atomic E-state index is 14.3. The van der Waals surface area contributed by atoms with E-state index in [0.29, 0.717) is 35.4 Å². The van der Waals surface area contributed by atoms with Gasteiger partial charge < -0.3 is 9.84 Å². The van der Waals surface area contributed by atoms with Crippen molar-refractivity contribution in [2.75, 3.05) is 6.61 Å². The van der Waals surface area contributed by atoms with E-state index in [0.717, 1.165) is 25.7 Å². The molecule has 0 amide bonds. The summed E-state index contributed by atoms with van der Waals surface area (Å²) >= 11 is 0. The summed E-state index contributed by atoms with van der Waals surface area (Å²) in [6.07, 6.45) is 10.5. The summed E-state index contributed by atoms with van der Waals surface area (Å²) in [5.41, 5.74) is 0.446. The Balaban J connectivity index is 1.60. The minimum absolute atomic E-state index is 0.0887. The molecule has 4 aliphatic rings. The summed E-state index contributed by atoms with van der Waals surface area (Å²) in [6, 6.07) is 0. The number of fused-ring (bicyclic) bond motifs is 5. The lowest BCUT2D eigenvalue weighted by atomic mass is 9.42. The predicted octanol–water partition coefficient (Wildman–Crippen LogP) is 7.69. The zero-order valence-electron chi connectivity index (χ0n) is 24.5. The van der Waals surface area contributed by atoms with Gasteiger partial charge >= 0.3 is 0 Å². The molecule has 4 fully saturated rings. The number of carbonyl (C=O) groups is 1. The van der Waals surface area contributed by atoms with Gasteiger partial charge in [0.1, 0.15) is 5.78 Å². The van der Waals surface area contributed by atoms with E-state index in [9.17, 15) is 9.90 Å². The van der Waals surface area contributed by atoms with Crippen molar-refractivity contribution in [3.8, 4) is 0 Å². The number of aliphatic hydroxyl groups excluding tert-OH is 1. The Labute approximate surface area is 216 Å². The maximum atomic E-state index is 14.3. The monoisotopic (exact) mass is 488 g/mol. The van der Waals surface area contributed by atoms with Crippen molar-refractivity contribution in [2.45, 2.75) is 132 Å². The SMILES string of the molecule is CC[C@H]1C(=O)C2C3CC[C@H]([C@H](C)CCO)[C@@]3(C)CCC2[C@@]2(C)CC[C@@H](OC(C)(C)C(C)(C)C)C[C@@H]12. The Hall–Kier alpha value is -0.410. The topological polar surface area (TPSA) is 46.5 Å². The van der Waals surface area contributed by atoms with Crippen LogP contribution in [0.1, 0.15) is 120 Å². The second-order valence-electron chi connectivity index (χ2n) is 15.3. The van der Waals surface area contributed by atoms with Crippen LogP contribution >= 0.6 is 0 Å². The molecule has 4 saturated carbocycles. The average molecular weight is 489 g/mol. The fourth-order valence-corrected chi connectivity index (χ4v) is 9.70. The van der Waals surface area contributed by atoms with Gasteiger partial charge in [0.05, 0.1) is 11.7 Å². The minimum Gasteiger partial charge on any atom is -0.396 e. The molecule has 35 heavy (non-hydrogen) atoms. The van der Waals surface area contributed by atoms with Gasteiger partial charge in [-0.3, -0.25) is 4.79 Å². The van der Waals surface area contributed by atoms with Crippen LogP contribution in [0.4, 0.5) is 0 Å². The molecule has 4 rings (SSSR count). The molecular formula is C32H56O3. The van der Waals surface area contributed by atoms with Crippen LogP contribution in [-0.4, -0.2) is 29.2 Å². The van der Waals surface area contributed by atoms with Gasteiger partial charge in [-0.05, 0) is 117 Å². The molecule has 0 spiro atoms. The van der Waals surface area contributed by atoms with E-state index >= 15 is 0 Å². The Morgan fingerprint density at radius 1 is 0.971 bits per heavy atom. The highest BCUT2D eigenvalue weighted by atomic mass is 16.5. The van der Waals surface area contributed by atoms with Crippen LogP contribution in [0.5, 0.6) is 0 Å². The molecule has 3 unspecified atom stereocenters. The highest BCUT2D eigenvalue weighted by Crippen LogP contribution is 2.68. The highest BCUT2D eigenvalue weighted by Gasteiger charge is 2.65. The second-order valence-corrected chi connectivity index (χ2v) is 15.3. The fourth-order valence-electron chi connectivity index (χ4n) is 9.70. The molecular weight excluding hydrogens is 432 g/mol. The Morgan fingerprint density at radius 3 is 2.20 bits per heavy atom. The number of hydrogen-bond acceptors (Lipinski definition) is 3. The quantitative estimate of drug-likeness (QED) is 0.417. The van der Waals surface area contributed by atoms with Gasteiger partial charge in [0, 0.05) is 18.4 Å². The molecule has 0 bridgehead atoms. The van der Waals surface area contributed by atoms with Gasteiger partial charge in [-0.15, -0.1) is 0 Å². The van der Waals surface area contributed by atoms with E-state index < -0.39 is 0 Å². The van der Waals surface area contributed by atoms with Crippen LogP contribution in [0.25, 0.3) is 0 Å². The van der Waals surface area contributed by atoms with Crippen LogP contribution in [0.3, 0.4) is 0 Å². The molecule has 10 atom stereocenters. The number of carbonyl (C=O) groups excluding carboxylic acids is 1. The average Bonchev–Trinajstić information content (AvgIpc) is 3.11. The van der Waals surface area contributed by atoms with E-state index in [1.54, 1.807) is 0 Å². The Morgan fingerprint density at radius 2 is 1.60 bits per heavy atom. The molecule has 3 heteroatoms. The number of aliphatic hydroxyl groups is 1. The van der Waals surface area contributed by atoms with E-state index in [4.69, 9.17) is 4.74 Å². The first kappa shape index (κ1) is 27.6. The summed E-state index contributed by atoms with van der Waals surface area (Å²) < 4.78 is 6.82. The molecule has 0 aromatic heterocycles. The Bertz CT molecular complexity index is 780. The molecule has 3 nitrogen and oxygen atoms in total. The zero-order chi connectivity index (χ0) is 26.0. The molecule has 0 aromatic carbocycles. The van der Waals surface area contributed by atoms with Crippen molar-refractivity contribution in [1.82, 2.24) is 0 Å². The van der Waals surface area contributed by atoms with Crippen LogP contribution in [0.15, 0.2) is 0 Å². The number of hydrogen-bond donors (Lipinski definition) is 1. The van der Waals surface area contributed by atoms with Crippen LogP contribution in [-0.2, 0) is 9.53 Å². The standard InChI is InChI=1S/C32H56O3/c1-10-22-26-19-21(35-30(6,7)29(3,4)5)13-16-32(26,9)25-14-17-31(8)23(20(2)15-18-33)11-12-24(31)27(25)28(22)34/h20-27,33H,10-19H2,1-9H3/t20-,21-,22-,23-,24?,25?,26+,27?,31-,32-/m1/s1. The lowest BCUT2D eigenvalue weighted by Gasteiger charge is -2.62. The third-order valence-electron chi connectivity index (χ3n) is 12.7. The minimum atomic E-state index is -0.175. The second kappa shape index (κ2) is 9.40. The first-order chi connectivity index (χ1) is 16.2. The normalized spacial score (nSPS) is 45.0. The number of ether oxygens (including phenoxy) is 1. The van der Waals surface area contributed by atoms with Crippen LogP contribution in [0.2, 0.25) is 0 Å². The third-order valence-corrected chi connectivity index (χ3v) is 12.7. The van der Waals surface area contributed by atoms with Crippen LogP contribution in [0, 0.1) is 57.7 Å². The van der Waals surface area contributed by atoms with E-state index in [2.05, 4.69) is 62.3 Å². The molecule has 0 radical (unpaired) electrons. The number of Topliss-reactive ketones (excluding diaryl/α,β-unsaturated/α-hetero) is 1. The highest BCUT2D eigenvalue weighted by molar-refractivity contribution is 5.86. The number of rotatable bonds is 6.